The van der Waals surface area contributed by atoms with Crippen LogP contribution in [-0.4, -0.2) is 47.6 Å². The van der Waals surface area contributed by atoms with E-state index in [-0.39, 0.29) is 6.54 Å². The van der Waals surface area contributed by atoms with Gasteiger partial charge in [0.15, 0.2) is 6.61 Å². The maximum Gasteiger partial charge on any atom is 0.422 e. The van der Waals surface area contributed by atoms with Crippen LogP contribution in [0, 0.1) is 0 Å². The summed E-state index contributed by atoms with van der Waals surface area (Å²) in [6.07, 6.45) is -4.48. The second-order valence-electron chi connectivity index (χ2n) is 4.19. The lowest BCUT2D eigenvalue weighted by Crippen LogP contribution is -2.49. The summed E-state index contributed by atoms with van der Waals surface area (Å²) in [5.74, 6) is 0. The van der Waals surface area contributed by atoms with E-state index in [2.05, 4.69) is 4.74 Å². The molecule has 7 heteroatoms. The number of piperidine rings is 1. The topological polar surface area (TPSA) is 49.8 Å². The molecule has 0 radical (unpaired) electrons. The fourth-order valence-electron chi connectivity index (χ4n) is 1.61. The number of hydrogen-bond acceptors (Lipinski definition) is 3. The fourth-order valence-corrected chi connectivity index (χ4v) is 1.61. The first-order valence-electron chi connectivity index (χ1n) is 4.90. The molecule has 1 N–H and O–H groups in total. The summed E-state index contributed by atoms with van der Waals surface area (Å²) in [6.45, 7) is 0.261. The Morgan fingerprint density at radius 3 is 2.69 bits per heavy atom. The molecule has 0 aliphatic carbocycles. The molecule has 0 aromatic carbocycles. The van der Waals surface area contributed by atoms with Crippen LogP contribution in [0.15, 0.2) is 0 Å². The van der Waals surface area contributed by atoms with Crippen LogP contribution >= 0.6 is 0 Å². The van der Waals surface area contributed by atoms with Crippen molar-refractivity contribution in [3.63, 3.8) is 0 Å². The Labute approximate surface area is 91.0 Å². The molecule has 1 saturated heterocycles. The SMILES string of the molecule is CC1(O)CCCN(C(=O)OCC(F)(F)F)C1. The van der Waals surface area contributed by atoms with Crippen LogP contribution in [0.3, 0.4) is 0 Å². The Hall–Kier alpha value is -0.980. The molecule has 1 amide bonds. The Balaban J connectivity index is 2.42. The molecule has 0 saturated carbocycles. The molecule has 0 aromatic rings. The highest BCUT2D eigenvalue weighted by atomic mass is 19.4. The van der Waals surface area contributed by atoms with Crippen molar-refractivity contribution in [1.29, 1.82) is 0 Å². The van der Waals surface area contributed by atoms with E-state index in [0.29, 0.717) is 19.4 Å². The number of amides is 1. The van der Waals surface area contributed by atoms with Gasteiger partial charge in [0, 0.05) is 6.54 Å². The number of alkyl halides is 3. The lowest BCUT2D eigenvalue weighted by Gasteiger charge is -2.36. The molecule has 1 atom stereocenters. The van der Waals surface area contributed by atoms with Crippen molar-refractivity contribution in [3.8, 4) is 0 Å². The third-order valence-corrected chi connectivity index (χ3v) is 2.29. The molecule has 1 heterocycles. The van der Waals surface area contributed by atoms with Crippen LogP contribution < -0.4 is 0 Å². The molecule has 1 aliphatic heterocycles. The smallest absolute Gasteiger partial charge is 0.422 e. The summed E-state index contributed by atoms with van der Waals surface area (Å²) in [5.41, 5.74) is -1.05. The zero-order chi connectivity index (χ0) is 12.4. The fraction of sp³-hybridized carbons (Fsp3) is 0.889. The Kier molecular flexibility index (Phi) is 3.67. The van der Waals surface area contributed by atoms with Gasteiger partial charge < -0.3 is 14.7 Å². The predicted octanol–water partition coefficient (Wildman–Crippen LogP) is 1.53. The number of β-amino-alcohol motifs (C(OH)–C–C–N with tert-alkyl or cyclic N) is 1. The number of carbonyl (C=O) groups excluding carboxylic acids is 1. The summed E-state index contributed by atoms with van der Waals surface area (Å²) in [6, 6.07) is 0. The average molecular weight is 241 g/mol. The molecule has 1 aliphatic rings. The van der Waals surface area contributed by atoms with Gasteiger partial charge in [0.2, 0.25) is 0 Å². The minimum atomic E-state index is -4.52. The van der Waals surface area contributed by atoms with Gasteiger partial charge in [-0.1, -0.05) is 0 Å². The third kappa shape index (κ3) is 4.26. The first-order chi connectivity index (χ1) is 7.20. The molecule has 16 heavy (non-hydrogen) atoms. The number of halogens is 3. The Bertz CT molecular complexity index is 265. The van der Waals surface area contributed by atoms with E-state index < -0.39 is 24.5 Å². The second kappa shape index (κ2) is 4.48. The van der Waals surface area contributed by atoms with Gasteiger partial charge >= 0.3 is 12.3 Å². The maximum atomic E-state index is 11.8. The lowest BCUT2D eigenvalue weighted by molar-refractivity contribution is -0.163. The van der Waals surface area contributed by atoms with Crippen LogP contribution in [-0.2, 0) is 4.74 Å². The van der Waals surface area contributed by atoms with E-state index in [1.165, 1.54) is 6.92 Å². The summed E-state index contributed by atoms with van der Waals surface area (Å²) < 4.78 is 39.5. The van der Waals surface area contributed by atoms with E-state index in [9.17, 15) is 23.1 Å². The highest BCUT2D eigenvalue weighted by molar-refractivity contribution is 5.67. The zero-order valence-corrected chi connectivity index (χ0v) is 8.88. The molecule has 4 nitrogen and oxygen atoms in total. The monoisotopic (exact) mass is 241 g/mol. The van der Waals surface area contributed by atoms with Crippen LogP contribution in [0.1, 0.15) is 19.8 Å². The summed E-state index contributed by atoms with van der Waals surface area (Å²) in [5, 5.41) is 9.65. The molecular formula is C9H14F3NO3. The predicted molar refractivity (Wildman–Crippen MR) is 48.8 cm³/mol. The van der Waals surface area contributed by atoms with Gasteiger partial charge in [-0.25, -0.2) is 4.79 Å². The molecular weight excluding hydrogens is 227 g/mol. The van der Waals surface area contributed by atoms with Crippen LogP contribution in [0.2, 0.25) is 0 Å². The van der Waals surface area contributed by atoms with Gasteiger partial charge in [0.25, 0.3) is 0 Å². The van der Waals surface area contributed by atoms with Crippen molar-refractivity contribution in [1.82, 2.24) is 4.90 Å². The standard InChI is InChI=1S/C9H14F3NO3/c1-8(15)3-2-4-13(5-8)7(14)16-6-9(10,11)12/h15H,2-6H2,1H3. The number of likely N-dealkylation sites (tertiary alicyclic amines) is 1. The highest BCUT2D eigenvalue weighted by Gasteiger charge is 2.34. The van der Waals surface area contributed by atoms with E-state index >= 15 is 0 Å². The van der Waals surface area contributed by atoms with Crippen molar-refractivity contribution >= 4 is 6.09 Å². The van der Waals surface area contributed by atoms with E-state index in [1.54, 1.807) is 0 Å². The Morgan fingerprint density at radius 2 is 2.19 bits per heavy atom. The highest BCUT2D eigenvalue weighted by Crippen LogP contribution is 2.21. The first-order valence-corrected chi connectivity index (χ1v) is 4.90. The van der Waals surface area contributed by atoms with Gasteiger partial charge in [0.05, 0.1) is 12.1 Å². The van der Waals surface area contributed by atoms with Crippen LogP contribution in [0.25, 0.3) is 0 Å². The second-order valence-corrected chi connectivity index (χ2v) is 4.19. The maximum absolute atomic E-state index is 11.8. The molecule has 94 valence electrons. The molecule has 0 aromatic heterocycles. The largest absolute Gasteiger partial charge is 0.440 e. The number of nitrogens with zero attached hydrogens (tertiary/aromatic N) is 1. The van der Waals surface area contributed by atoms with Gasteiger partial charge in [-0.3, -0.25) is 0 Å². The number of ether oxygens (including phenoxy) is 1. The summed E-state index contributed by atoms with van der Waals surface area (Å²) >= 11 is 0. The minimum Gasteiger partial charge on any atom is -0.440 e. The van der Waals surface area contributed by atoms with Gasteiger partial charge in [-0.05, 0) is 19.8 Å². The van der Waals surface area contributed by atoms with Crippen LogP contribution in [0.5, 0.6) is 0 Å². The van der Waals surface area contributed by atoms with E-state index in [1.807, 2.05) is 0 Å². The first kappa shape index (κ1) is 13.1. The van der Waals surface area contributed by atoms with Crippen molar-refractivity contribution in [2.45, 2.75) is 31.5 Å². The van der Waals surface area contributed by atoms with Crippen molar-refractivity contribution in [2.75, 3.05) is 19.7 Å². The van der Waals surface area contributed by atoms with Gasteiger partial charge in [-0.2, -0.15) is 13.2 Å². The molecule has 1 rings (SSSR count). The molecule has 0 spiro atoms. The average Bonchev–Trinajstić information content (AvgIpc) is 2.11. The molecule has 1 fully saturated rings. The summed E-state index contributed by atoms with van der Waals surface area (Å²) in [7, 11) is 0. The van der Waals surface area contributed by atoms with Crippen LogP contribution in [0.4, 0.5) is 18.0 Å². The van der Waals surface area contributed by atoms with Crippen molar-refractivity contribution in [3.05, 3.63) is 0 Å². The quantitative estimate of drug-likeness (QED) is 0.757. The number of carbonyl (C=O) groups is 1. The summed E-state index contributed by atoms with van der Waals surface area (Å²) in [4.78, 5) is 12.3. The number of rotatable bonds is 1. The third-order valence-electron chi connectivity index (χ3n) is 2.29. The van der Waals surface area contributed by atoms with E-state index in [4.69, 9.17) is 0 Å². The lowest BCUT2D eigenvalue weighted by atomic mass is 9.96. The Morgan fingerprint density at radius 1 is 1.56 bits per heavy atom. The van der Waals surface area contributed by atoms with E-state index in [0.717, 1.165) is 4.90 Å². The van der Waals surface area contributed by atoms with Gasteiger partial charge in [-0.15, -0.1) is 0 Å². The number of aliphatic hydroxyl groups is 1. The normalized spacial score (nSPS) is 26.7. The van der Waals surface area contributed by atoms with Crippen molar-refractivity contribution in [2.24, 2.45) is 0 Å². The van der Waals surface area contributed by atoms with Gasteiger partial charge in [0.1, 0.15) is 0 Å². The number of hydrogen-bond donors (Lipinski definition) is 1. The zero-order valence-electron chi connectivity index (χ0n) is 8.88. The molecule has 0 bridgehead atoms. The van der Waals surface area contributed by atoms with Crippen molar-refractivity contribution < 1.29 is 27.8 Å². The minimum absolute atomic E-state index is 0.00366. The molecule has 1 unspecified atom stereocenters.